The molecule has 2 fully saturated rings. The fraction of sp³-hybridized carbons (Fsp3) is 0.824. The maximum absolute atomic E-state index is 11.8. The monoisotopic (exact) mass is 294 g/mol. The molecule has 0 amide bonds. The third-order valence-electron chi connectivity index (χ3n) is 4.30. The summed E-state index contributed by atoms with van der Waals surface area (Å²) in [4.78, 5) is 13.3. The fourth-order valence-electron chi connectivity index (χ4n) is 2.91. The second-order valence-corrected chi connectivity index (χ2v) is 6.08. The van der Waals surface area contributed by atoms with Gasteiger partial charge in [0.05, 0.1) is 19.1 Å². The van der Waals surface area contributed by atoms with Crippen LogP contribution in [0.15, 0.2) is 0 Å². The van der Waals surface area contributed by atoms with E-state index in [9.17, 15) is 4.79 Å². The molecule has 2 rings (SSSR count). The molecule has 2 atom stereocenters. The molecular formula is C17H28NO3+. The van der Waals surface area contributed by atoms with E-state index < -0.39 is 0 Å². The van der Waals surface area contributed by atoms with Crippen molar-refractivity contribution in [2.45, 2.75) is 51.6 Å². The summed E-state index contributed by atoms with van der Waals surface area (Å²) in [6.45, 7) is 6.82. The van der Waals surface area contributed by atoms with Crippen LogP contribution < -0.4 is 4.90 Å². The van der Waals surface area contributed by atoms with Crippen LogP contribution in [0.25, 0.3) is 0 Å². The van der Waals surface area contributed by atoms with Gasteiger partial charge in [0.2, 0.25) is 0 Å². The summed E-state index contributed by atoms with van der Waals surface area (Å²) in [5, 5.41) is 0. The Bertz CT molecular complexity index is 379. The molecule has 2 aliphatic rings. The minimum absolute atomic E-state index is 0.00353. The summed E-state index contributed by atoms with van der Waals surface area (Å²) < 4.78 is 10.8. The van der Waals surface area contributed by atoms with Gasteiger partial charge >= 0.3 is 5.97 Å². The van der Waals surface area contributed by atoms with Gasteiger partial charge < -0.3 is 14.4 Å². The third-order valence-corrected chi connectivity index (χ3v) is 4.30. The smallest absolute Gasteiger partial charge is 0.310 e. The van der Waals surface area contributed by atoms with Gasteiger partial charge in [-0.3, -0.25) is 4.79 Å². The predicted molar refractivity (Wildman–Crippen MR) is 80.9 cm³/mol. The van der Waals surface area contributed by atoms with Crippen LogP contribution in [-0.2, 0) is 14.3 Å². The van der Waals surface area contributed by atoms with Gasteiger partial charge in [-0.15, -0.1) is 0 Å². The molecule has 0 aromatic rings. The number of hydrogen-bond acceptors (Lipinski definition) is 3. The van der Waals surface area contributed by atoms with E-state index in [1.54, 1.807) is 0 Å². The van der Waals surface area contributed by atoms with Crippen molar-refractivity contribution in [1.82, 2.24) is 0 Å². The van der Waals surface area contributed by atoms with Gasteiger partial charge in [0.1, 0.15) is 25.7 Å². The van der Waals surface area contributed by atoms with Gasteiger partial charge in [0.25, 0.3) is 0 Å². The van der Waals surface area contributed by atoms with Crippen LogP contribution in [0.3, 0.4) is 0 Å². The topological polar surface area (TPSA) is 40.0 Å². The lowest BCUT2D eigenvalue weighted by Gasteiger charge is -2.21. The number of nitrogens with one attached hydrogen (secondary N) is 1. The van der Waals surface area contributed by atoms with E-state index in [1.165, 1.54) is 17.7 Å². The quantitative estimate of drug-likeness (QED) is 0.448. The van der Waals surface area contributed by atoms with Crippen molar-refractivity contribution in [3.8, 4) is 11.8 Å². The highest BCUT2D eigenvalue weighted by Gasteiger charge is 2.33. The summed E-state index contributed by atoms with van der Waals surface area (Å²) in [5.41, 5.74) is 0. The minimum atomic E-state index is -0.0375. The van der Waals surface area contributed by atoms with Crippen LogP contribution in [-0.4, -0.2) is 44.9 Å². The standard InChI is InChI=1S/C17H27NO3/c1-2-3-4-8-16-14-15(17(19)21-16)7-5-6-9-18-10-12-20-13-11-18/h15-16H,2-4,7-14H2,1H3/p+1/t15-,16+/m0/s1. The van der Waals surface area contributed by atoms with Crippen LogP contribution in [0.5, 0.6) is 0 Å². The van der Waals surface area contributed by atoms with Crippen LogP contribution >= 0.6 is 0 Å². The number of morpholine rings is 1. The van der Waals surface area contributed by atoms with Gasteiger partial charge in [-0.1, -0.05) is 25.7 Å². The lowest BCUT2D eigenvalue weighted by atomic mass is 9.99. The molecule has 0 radical (unpaired) electrons. The second-order valence-electron chi connectivity index (χ2n) is 6.08. The number of esters is 1. The van der Waals surface area contributed by atoms with Crippen LogP contribution in [0.2, 0.25) is 0 Å². The molecule has 118 valence electrons. The summed E-state index contributed by atoms with van der Waals surface area (Å²) in [5.74, 6) is 6.37. The Kier molecular flexibility index (Phi) is 7.05. The van der Waals surface area contributed by atoms with E-state index in [2.05, 4.69) is 18.8 Å². The molecule has 2 heterocycles. The molecule has 4 heteroatoms. The summed E-state index contributed by atoms with van der Waals surface area (Å²) >= 11 is 0. The number of quaternary nitrogens is 1. The number of ether oxygens (including phenoxy) is 2. The van der Waals surface area contributed by atoms with Crippen LogP contribution in [0.4, 0.5) is 0 Å². The molecule has 2 aliphatic heterocycles. The maximum atomic E-state index is 11.8. The first-order chi connectivity index (χ1) is 10.3. The zero-order chi connectivity index (χ0) is 14.9. The molecule has 0 bridgehead atoms. The Morgan fingerprint density at radius 2 is 2.05 bits per heavy atom. The first kappa shape index (κ1) is 16.3. The van der Waals surface area contributed by atoms with Gasteiger partial charge in [0.15, 0.2) is 0 Å². The SMILES string of the molecule is CCCCC[C@@H]1C[C@H](CC#CC[NH+]2CCOCC2)C(=O)O1. The normalized spacial score (nSPS) is 26.2. The molecule has 2 saturated heterocycles. The minimum Gasteiger partial charge on any atom is -0.462 e. The Morgan fingerprint density at radius 3 is 2.81 bits per heavy atom. The van der Waals surface area contributed by atoms with Gasteiger partial charge in [-0.05, 0) is 25.2 Å². The number of carbonyl (C=O) groups excluding carboxylic acids is 1. The van der Waals surface area contributed by atoms with E-state index in [-0.39, 0.29) is 18.0 Å². The molecular weight excluding hydrogens is 266 g/mol. The van der Waals surface area contributed by atoms with Gasteiger partial charge in [-0.25, -0.2) is 0 Å². The second kappa shape index (κ2) is 9.07. The lowest BCUT2D eigenvalue weighted by molar-refractivity contribution is -0.900. The zero-order valence-corrected chi connectivity index (χ0v) is 13.2. The van der Waals surface area contributed by atoms with Crippen molar-refractivity contribution in [1.29, 1.82) is 0 Å². The Hall–Kier alpha value is -1.05. The maximum Gasteiger partial charge on any atom is 0.310 e. The zero-order valence-electron chi connectivity index (χ0n) is 13.2. The number of carbonyl (C=O) groups is 1. The average molecular weight is 294 g/mol. The molecule has 0 aromatic carbocycles. The van der Waals surface area contributed by atoms with Crippen molar-refractivity contribution >= 4 is 5.97 Å². The van der Waals surface area contributed by atoms with E-state index in [0.717, 1.165) is 52.1 Å². The predicted octanol–water partition coefficient (Wildman–Crippen LogP) is 0.807. The van der Waals surface area contributed by atoms with Gasteiger partial charge in [0, 0.05) is 6.42 Å². The molecule has 0 unspecified atom stereocenters. The molecule has 0 spiro atoms. The van der Waals surface area contributed by atoms with Crippen molar-refractivity contribution in [3.05, 3.63) is 0 Å². The summed E-state index contributed by atoms with van der Waals surface area (Å²) in [6.07, 6.45) is 6.27. The van der Waals surface area contributed by atoms with E-state index in [4.69, 9.17) is 9.47 Å². The van der Waals surface area contributed by atoms with Crippen molar-refractivity contribution in [3.63, 3.8) is 0 Å². The van der Waals surface area contributed by atoms with Crippen molar-refractivity contribution in [2.24, 2.45) is 5.92 Å². The highest BCUT2D eigenvalue weighted by molar-refractivity contribution is 5.75. The van der Waals surface area contributed by atoms with Crippen molar-refractivity contribution in [2.75, 3.05) is 32.8 Å². The Morgan fingerprint density at radius 1 is 1.24 bits per heavy atom. The number of rotatable bonds is 6. The first-order valence-electron chi connectivity index (χ1n) is 8.37. The summed E-state index contributed by atoms with van der Waals surface area (Å²) in [7, 11) is 0. The molecule has 4 nitrogen and oxygen atoms in total. The third kappa shape index (κ3) is 5.68. The van der Waals surface area contributed by atoms with Crippen molar-refractivity contribution < 1.29 is 19.2 Å². The Balaban J connectivity index is 1.65. The largest absolute Gasteiger partial charge is 0.462 e. The Labute approximate surface area is 128 Å². The molecule has 0 aliphatic carbocycles. The van der Waals surface area contributed by atoms with Gasteiger partial charge in [-0.2, -0.15) is 0 Å². The molecule has 0 saturated carbocycles. The van der Waals surface area contributed by atoms with E-state index >= 15 is 0 Å². The highest BCUT2D eigenvalue weighted by atomic mass is 16.5. The first-order valence-corrected chi connectivity index (χ1v) is 8.37. The average Bonchev–Trinajstić information content (AvgIpc) is 2.85. The molecule has 0 aromatic heterocycles. The van der Waals surface area contributed by atoms with Crippen LogP contribution in [0.1, 0.15) is 45.4 Å². The number of unbranched alkanes of at least 4 members (excludes halogenated alkanes) is 2. The van der Waals surface area contributed by atoms with E-state index in [1.807, 2.05) is 0 Å². The van der Waals surface area contributed by atoms with E-state index in [0.29, 0.717) is 6.42 Å². The molecule has 1 N–H and O–H groups in total. The molecule has 21 heavy (non-hydrogen) atoms. The number of hydrogen-bond donors (Lipinski definition) is 1. The summed E-state index contributed by atoms with van der Waals surface area (Å²) in [6, 6.07) is 0. The van der Waals surface area contributed by atoms with Crippen LogP contribution in [0, 0.1) is 17.8 Å². The number of cyclic esters (lactones) is 1. The highest BCUT2D eigenvalue weighted by Crippen LogP contribution is 2.27. The fourth-order valence-corrected chi connectivity index (χ4v) is 2.91. The lowest BCUT2D eigenvalue weighted by Crippen LogP contribution is -3.14.